The maximum Gasteiger partial charge on any atom is 0.138 e. The molecule has 4 nitrogen and oxygen atoms in total. The van der Waals surface area contributed by atoms with Crippen molar-refractivity contribution in [3.05, 3.63) is 35.4 Å². The minimum Gasteiger partial charge on any atom is -0.547 e. The van der Waals surface area contributed by atoms with Crippen molar-refractivity contribution in [1.29, 1.82) is 0 Å². The first-order valence-electron chi connectivity index (χ1n) is 6.29. The molecule has 3 N–H and O–H groups in total. The fourth-order valence-electron chi connectivity index (χ4n) is 2.05. The molecule has 0 aliphatic heterocycles. The third-order valence-corrected chi connectivity index (χ3v) is 3.04. The zero-order valence-electron chi connectivity index (χ0n) is 11.0. The number of aliphatic hydroxyl groups excluding tert-OH is 1. The molecule has 0 radical (unpaired) electrons. The average molecular weight is 261 g/mol. The van der Waals surface area contributed by atoms with Crippen LogP contribution in [0.15, 0.2) is 24.3 Å². The molecule has 4 heteroatoms. The number of quaternary nitrogens is 1. The highest BCUT2D eigenvalue weighted by Gasteiger charge is 2.23. The molecular formula is C15H19NO3. The molecule has 0 saturated heterocycles. The molecule has 102 valence electrons. The van der Waals surface area contributed by atoms with Gasteiger partial charge >= 0.3 is 0 Å². The summed E-state index contributed by atoms with van der Waals surface area (Å²) in [5, 5.41) is 19.6. The normalized spacial score (nSPS) is 17.6. The molecule has 0 heterocycles. The zero-order chi connectivity index (χ0) is 14.3. The van der Waals surface area contributed by atoms with Gasteiger partial charge in [0.2, 0.25) is 0 Å². The highest BCUT2D eigenvalue weighted by Crippen LogP contribution is 2.27. The zero-order valence-corrected chi connectivity index (χ0v) is 11.0. The van der Waals surface area contributed by atoms with E-state index in [1.54, 1.807) is 0 Å². The maximum absolute atomic E-state index is 9.34. The standard InChI is InChI=1S/C12H13N.C3H6O3/c1-2-9-13-12-8-7-10-5-3-4-6-11(10)12;1-2(4)3(5)6/h1,3-6,12-13H,7-9H2;2,4H,1H3,(H,5,6)/t12-;/m1./s1. The highest BCUT2D eigenvalue weighted by molar-refractivity contribution is 5.68. The van der Waals surface area contributed by atoms with E-state index >= 15 is 0 Å². The van der Waals surface area contributed by atoms with E-state index in [1.807, 2.05) is 0 Å². The average Bonchev–Trinajstić information content (AvgIpc) is 2.80. The molecule has 1 aromatic carbocycles. The van der Waals surface area contributed by atoms with Crippen LogP contribution in [0.2, 0.25) is 0 Å². The topological polar surface area (TPSA) is 77.0 Å². The molecule has 1 aliphatic rings. The number of terminal acetylenes is 1. The summed E-state index contributed by atoms with van der Waals surface area (Å²) in [5.41, 5.74) is 2.98. The van der Waals surface area contributed by atoms with E-state index in [0.29, 0.717) is 6.04 Å². The number of aliphatic hydroxyl groups is 1. The van der Waals surface area contributed by atoms with E-state index in [1.165, 1.54) is 24.0 Å². The maximum atomic E-state index is 9.34. The van der Waals surface area contributed by atoms with Crippen molar-refractivity contribution in [2.45, 2.75) is 31.9 Å². The Labute approximate surface area is 113 Å². The van der Waals surface area contributed by atoms with Crippen molar-refractivity contribution < 1.29 is 20.3 Å². The third kappa shape index (κ3) is 4.74. The quantitative estimate of drug-likeness (QED) is 0.684. The number of carboxylic acid groups (broad SMARTS) is 1. The van der Waals surface area contributed by atoms with Crippen molar-refractivity contribution in [3.8, 4) is 12.3 Å². The lowest BCUT2D eigenvalue weighted by Crippen LogP contribution is -2.84. The SMILES string of the molecule is C#CC[NH2+][C@@H]1CCc2ccccc21.CC(O)C(=O)[O-]. The van der Waals surface area contributed by atoms with Crippen LogP contribution in [0.1, 0.15) is 30.5 Å². The number of fused-ring (bicyclic) bond motifs is 1. The molecule has 1 aliphatic carbocycles. The van der Waals surface area contributed by atoms with Gasteiger partial charge < -0.3 is 20.3 Å². The van der Waals surface area contributed by atoms with Gasteiger partial charge in [0, 0.05) is 12.0 Å². The number of carbonyl (C=O) groups is 1. The number of carbonyl (C=O) groups excluding carboxylic acids is 1. The van der Waals surface area contributed by atoms with E-state index in [0.717, 1.165) is 13.5 Å². The number of nitrogens with two attached hydrogens (primary N) is 1. The van der Waals surface area contributed by atoms with Crippen molar-refractivity contribution in [2.75, 3.05) is 6.54 Å². The van der Waals surface area contributed by atoms with Crippen LogP contribution >= 0.6 is 0 Å². The monoisotopic (exact) mass is 261 g/mol. The Morgan fingerprint density at radius 3 is 2.84 bits per heavy atom. The molecule has 0 fully saturated rings. The Morgan fingerprint density at radius 2 is 2.26 bits per heavy atom. The Balaban J connectivity index is 0.000000258. The largest absolute Gasteiger partial charge is 0.547 e. The van der Waals surface area contributed by atoms with E-state index in [2.05, 4.69) is 35.5 Å². The molecule has 0 bridgehead atoms. The van der Waals surface area contributed by atoms with Crippen LogP contribution in [-0.2, 0) is 11.2 Å². The van der Waals surface area contributed by atoms with Crippen LogP contribution in [-0.4, -0.2) is 23.7 Å². The highest BCUT2D eigenvalue weighted by atomic mass is 16.4. The van der Waals surface area contributed by atoms with Crippen molar-refractivity contribution in [1.82, 2.24) is 0 Å². The van der Waals surface area contributed by atoms with Crippen LogP contribution in [0.4, 0.5) is 0 Å². The number of hydrogen-bond acceptors (Lipinski definition) is 3. The lowest BCUT2D eigenvalue weighted by atomic mass is 10.1. The first-order valence-corrected chi connectivity index (χ1v) is 6.29. The Hall–Kier alpha value is -1.83. The summed E-state index contributed by atoms with van der Waals surface area (Å²) in [5.74, 6) is 1.23. The summed E-state index contributed by atoms with van der Waals surface area (Å²) in [7, 11) is 0. The van der Waals surface area contributed by atoms with Gasteiger partial charge in [-0.3, -0.25) is 0 Å². The minimum absolute atomic E-state index is 0.604. The molecular weight excluding hydrogens is 242 g/mol. The molecule has 19 heavy (non-hydrogen) atoms. The van der Waals surface area contributed by atoms with Crippen LogP contribution in [0.25, 0.3) is 0 Å². The summed E-state index contributed by atoms with van der Waals surface area (Å²) in [6.45, 7) is 1.92. The lowest BCUT2D eigenvalue weighted by molar-refractivity contribution is -0.685. The molecule has 0 spiro atoms. The number of benzene rings is 1. The summed E-state index contributed by atoms with van der Waals surface area (Å²) < 4.78 is 0. The number of aliphatic carboxylic acids is 1. The Bertz CT molecular complexity index is 463. The van der Waals surface area contributed by atoms with Crippen LogP contribution in [0, 0.1) is 12.3 Å². The van der Waals surface area contributed by atoms with Crippen LogP contribution in [0.5, 0.6) is 0 Å². The number of carboxylic acids is 1. The van der Waals surface area contributed by atoms with Gasteiger partial charge in [-0.2, -0.15) is 0 Å². The summed E-state index contributed by atoms with van der Waals surface area (Å²) >= 11 is 0. The van der Waals surface area contributed by atoms with E-state index in [-0.39, 0.29) is 0 Å². The number of rotatable bonds is 3. The molecule has 2 atom stereocenters. The summed E-state index contributed by atoms with van der Waals surface area (Å²) in [4.78, 5) is 9.34. The van der Waals surface area contributed by atoms with E-state index in [9.17, 15) is 9.90 Å². The molecule has 1 unspecified atom stereocenters. The van der Waals surface area contributed by atoms with Gasteiger partial charge in [0.25, 0.3) is 0 Å². The summed E-state index contributed by atoms with van der Waals surface area (Å²) in [6, 6.07) is 9.27. The number of hydrogen-bond donors (Lipinski definition) is 2. The van der Waals surface area contributed by atoms with E-state index < -0.39 is 12.1 Å². The molecule has 0 saturated carbocycles. The Kier molecular flexibility index (Phi) is 6.07. The van der Waals surface area contributed by atoms with Crippen LogP contribution in [0.3, 0.4) is 0 Å². The van der Waals surface area contributed by atoms with Crippen molar-refractivity contribution in [3.63, 3.8) is 0 Å². The van der Waals surface area contributed by atoms with Crippen molar-refractivity contribution in [2.24, 2.45) is 0 Å². The van der Waals surface area contributed by atoms with Gasteiger partial charge in [-0.25, -0.2) is 0 Å². The lowest BCUT2D eigenvalue weighted by Gasteiger charge is -2.07. The second-order valence-corrected chi connectivity index (χ2v) is 4.48. The molecule has 0 aromatic heterocycles. The second kappa shape index (κ2) is 7.57. The fraction of sp³-hybridized carbons (Fsp3) is 0.400. The minimum atomic E-state index is -1.44. The first-order chi connectivity index (χ1) is 9.06. The van der Waals surface area contributed by atoms with Crippen molar-refractivity contribution >= 4 is 5.97 Å². The Morgan fingerprint density at radius 1 is 1.63 bits per heavy atom. The molecule has 2 rings (SSSR count). The van der Waals surface area contributed by atoms with Crippen LogP contribution < -0.4 is 10.4 Å². The fourth-order valence-corrected chi connectivity index (χ4v) is 2.05. The predicted molar refractivity (Wildman–Crippen MR) is 69.8 cm³/mol. The van der Waals surface area contributed by atoms with Gasteiger partial charge in [0.1, 0.15) is 12.6 Å². The predicted octanol–water partition coefficient (Wildman–Crippen LogP) is -1.01. The van der Waals surface area contributed by atoms with Gasteiger partial charge in [0.15, 0.2) is 0 Å². The smallest absolute Gasteiger partial charge is 0.138 e. The van der Waals surface area contributed by atoms with Gasteiger partial charge in [-0.15, -0.1) is 6.42 Å². The number of aryl methyl sites for hydroxylation is 1. The van der Waals surface area contributed by atoms with Gasteiger partial charge in [-0.1, -0.05) is 24.3 Å². The third-order valence-electron chi connectivity index (χ3n) is 3.04. The first kappa shape index (κ1) is 15.2. The van der Waals surface area contributed by atoms with E-state index in [4.69, 9.17) is 11.5 Å². The summed E-state index contributed by atoms with van der Waals surface area (Å²) in [6.07, 6.45) is 6.35. The molecule has 1 aromatic rings. The van der Waals surface area contributed by atoms with Gasteiger partial charge in [-0.05, 0) is 24.8 Å². The molecule has 0 amide bonds. The van der Waals surface area contributed by atoms with Gasteiger partial charge in [0.05, 0.1) is 12.1 Å². The second-order valence-electron chi connectivity index (χ2n) is 4.48.